The Hall–Kier alpha value is -0.765. The topological polar surface area (TPSA) is 59.1 Å². The summed E-state index contributed by atoms with van der Waals surface area (Å²) in [5.41, 5.74) is 7.68. The summed E-state index contributed by atoms with van der Waals surface area (Å²) < 4.78 is 5.23. The Kier molecular flexibility index (Phi) is 5.60. The fourth-order valence-electron chi connectivity index (χ4n) is 2.58. The van der Waals surface area contributed by atoms with Crippen LogP contribution in [0.4, 0.5) is 0 Å². The van der Waals surface area contributed by atoms with E-state index >= 15 is 0 Å². The molecule has 0 heterocycles. The second kappa shape index (κ2) is 6.74. The van der Waals surface area contributed by atoms with Gasteiger partial charge in [0.15, 0.2) is 0 Å². The average Bonchev–Trinajstić information content (AvgIpc) is 2.22. The SMILES string of the molecule is BOCC1CCCC(C(C)=N)/C(=C\N)CC1. The van der Waals surface area contributed by atoms with Crippen molar-refractivity contribution in [2.75, 3.05) is 6.61 Å². The lowest BCUT2D eigenvalue weighted by Crippen LogP contribution is -2.20. The van der Waals surface area contributed by atoms with Gasteiger partial charge in [-0.25, -0.2) is 0 Å². The zero-order valence-electron chi connectivity index (χ0n) is 10.5. The summed E-state index contributed by atoms with van der Waals surface area (Å²) in [6.45, 7) is 2.74. The van der Waals surface area contributed by atoms with Gasteiger partial charge in [-0.1, -0.05) is 6.42 Å². The number of hydrogen-bond acceptors (Lipinski definition) is 3. The number of nitrogens with two attached hydrogens (primary N) is 1. The van der Waals surface area contributed by atoms with E-state index in [4.69, 9.17) is 15.8 Å². The molecule has 0 bridgehead atoms. The molecule has 0 aliphatic heterocycles. The van der Waals surface area contributed by atoms with Crippen LogP contribution in [0.2, 0.25) is 0 Å². The lowest BCUT2D eigenvalue weighted by molar-refractivity contribution is 0.238. The average molecular weight is 222 g/mol. The van der Waals surface area contributed by atoms with Gasteiger partial charge < -0.3 is 15.8 Å². The van der Waals surface area contributed by atoms with Crippen LogP contribution in [0.15, 0.2) is 11.8 Å². The van der Waals surface area contributed by atoms with Crippen molar-refractivity contribution in [3.63, 3.8) is 0 Å². The van der Waals surface area contributed by atoms with Crippen LogP contribution in [0.25, 0.3) is 0 Å². The van der Waals surface area contributed by atoms with Crippen molar-refractivity contribution in [1.29, 1.82) is 5.41 Å². The van der Waals surface area contributed by atoms with Gasteiger partial charge in [-0.15, -0.1) is 0 Å². The van der Waals surface area contributed by atoms with Crippen molar-refractivity contribution in [3.8, 4) is 0 Å². The summed E-state index contributed by atoms with van der Waals surface area (Å²) in [7, 11) is 1.77. The summed E-state index contributed by atoms with van der Waals surface area (Å²) in [6, 6.07) is 0. The minimum atomic E-state index is 0.286. The molecule has 1 aliphatic rings. The molecule has 3 N–H and O–H groups in total. The maximum absolute atomic E-state index is 7.80. The normalized spacial score (nSPS) is 29.7. The van der Waals surface area contributed by atoms with Crippen LogP contribution in [0, 0.1) is 17.2 Å². The molecular formula is C12H23BN2O. The molecule has 90 valence electrons. The van der Waals surface area contributed by atoms with Crippen molar-refractivity contribution in [3.05, 3.63) is 11.8 Å². The molecule has 4 heteroatoms. The first-order chi connectivity index (χ1) is 7.69. The summed E-state index contributed by atoms with van der Waals surface area (Å²) in [5, 5.41) is 7.80. The van der Waals surface area contributed by atoms with Crippen molar-refractivity contribution in [1.82, 2.24) is 0 Å². The molecule has 3 nitrogen and oxygen atoms in total. The van der Waals surface area contributed by atoms with Crippen LogP contribution in [0.1, 0.15) is 39.0 Å². The van der Waals surface area contributed by atoms with E-state index in [1.54, 1.807) is 14.2 Å². The van der Waals surface area contributed by atoms with E-state index in [2.05, 4.69) is 0 Å². The molecule has 2 unspecified atom stereocenters. The van der Waals surface area contributed by atoms with Crippen LogP contribution in [-0.4, -0.2) is 20.4 Å². The van der Waals surface area contributed by atoms with E-state index in [1.807, 2.05) is 6.92 Å². The fourth-order valence-corrected chi connectivity index (χ4v) is 2.58. The quantitative estimate of drug-likeness (QED) is 0.563. The van der Waals surface area contributed by atoms with E-state index in [0.29, 0.717) is 5.92 Å². The van der Waals surface area contributed by atoms with Crippen LogP contribution in [0.5, 0.6) is 0 Å². The first-order valence-corrected chi connectivity index (χ1v) is 6.13. The van der Waals surface area contributed by atoms with Crippen molar-refractivity contribution >= 4 is 13.8 Å². The van der Waals surface area contributed by atoms with E-state index in [1.165, 1.54) is 18.4 Å². The van der Waals surface area contributed by atoms with Crippen LogP contribution >= 0.6 is 0 Å². The van der Waals surface area contributed by atoms with Gasteiger partial charge in [0.1, 0.15) is 0 Å². The zero-order chi connectivity index (χ0) is 12.0. The first-order valence-electron chi connectivity index (χ1n) is 6.13. The third-order valence-corrected chi connectivity index (χ3v) is 3.53. The highest BCUT2D eigenvalue weighted by molar-refractivity contribution is 5.97. The monoisotopic (exact) mass is 222 g/mol. The highest BCUT2D eigenvalue weighted by Gasteiger charge is 2.21. The maximum atomic E-state index is 7.80. The number of hydrogen-bond donors (Lipinski definition) is 2. The minimum absolute atomic E-state index is 0.286. The van der Waals surface area contributed by atoms with E-state index < -0.39 is 0 Å². The Labute approximate surface area is 99.4 Å². The molecule has 16 heavy (non-hydrogen) atoms. The summed E-state index contributed by atoms with van der Waals surface area (Å²) in [5.74, 6) is 0.945. The van der Waals surface area contributed by atoms with Gasteiger partial charge in [0.05, 0.1) is 0 Å². The molecule has 0 saturated heterocycles. The molecule has 1 saturated carbocycles. The van der Waals surface area contributed by atoms with Gasteiger partial charge in [-0.2, -0.15) is 0 Å². The van der Waals surface area contributed by atoms with Gasteiger partial charge in [0, 0.05) is 18.2 Å². The molecule has 1 aliphatic carbocycles. The van der Waals surface area contributed by atoms with Crippen molar-refractivity contribution in [2.24, 2.45) is 17.6 Å². The summed E-state index contributed by atoms with van der Waals surface area (Å²) >= 11 is 0. The van der Waals surface area contributed by atoms with Crippen LogP contribution < -0.4 is 5.73 Å². The molecule has 1 rings (SSSR count). The molecule has 0 aromatic heterocycles. The Balaban J connectivity index is 2.62. The lowest BCUT2D eigenvalue weighted by Gasteiger charge is -2.26. The molecule has 0 amide bonds. The van der Waals surface area contributed by atoms with Crippen LogP contribution in [0.3, 0.4) is 0 Å². The molecule has 0 aromatic carbocycles. The highest BCUT2D eigenvalue weighted by Crippen LogP contribution is 2.30. The highest BCUT2D eigenvalue weighted by atomic mass is 16.4. The van der Waals surface area contributed by atoms with Gasteiger partial charge in [-0.3, -0.25) is 0 Å². The summed E-state index contributed by atoms with van der Waals surface area (Å²) in [6.07, 6.45) is 7.34. The Morgan fingerprint density at radius 3 is 2.88 bits per heavy atom. The van der Waals surface area contributed by atoms with E-state index in [-0.39, 0.29) is 5.92 Å². The fraction of sp³-hybridized carbons (Fsp3) is 0.750. The smallest absolute Gasteiger partial charge is 0.257 e. The zero-order valence-corrected chi connectivity index (χ0v) is 10.5. The Morgan fingerprint density at radius 2 is 2.31 bits per heavy atom. The van der Waals surface area contributed by atoms with Gasteiger partial charge in [0.2, 0.25) is 0 Å². The lowest BCUT2D eigenvalue weighted by atomic mass is 9.81. The third kappa shape index (κ3) is 3.67. The molecular weight excluding hydrogens is 199 g/mol. The first kappa shape index (κ1) is 13.3. The third-order valence-electron chi connectivity index (χ3n) is 3.53. The van der Waals surface area contributed by atoms with E-state index in [0.717, 1.165) is 31.6 Å². The molecule has 2 atom stereocenters. The number of nitrogens with one attached hydrogen (secondary N) is 1. The summed E-state index contributed by atoms with van der Waals surface area (Å²) in [4.78, 5) is 0. The van der Waals surface area contributed by atoms with Gasteiger partial charge in [-0.05, 0) is 50.3 Å². The number of allylic oxidation sites excluding steroid dienone is 1. The predicted molar refractivity (Wildman–Crippen MR) is 70.2 cm³/mol. The van der Waals surface area contributed by atoms with Gasteiger partial charge in [0.25, 0.3) is 8.05 Å². The Bertz CT molecular complexity index is 266. The van der Waals surface area contributed by atoms with E-state index in [9.17, 15) is 0 Å². The second-order valence-electron chi connectivity index (χ2n) is 4.77. The molecule has 1 fully saturated rings. The van der Waals surface area contributed by atoms with Gasteiger partial charge >= 0.3 is 0 Å². The van der Waals surface area contributed by atoms with Crippen molar-refractivity contribution in [2.45, 2.75) is 39.0 Å². The molecule has 0 radical (unpaired) electrons. The van der Waals surface area contributed by atoms with Crippen molar-refractivity contribution < 1.29 is 4.65 Å². The molecule has 0 aromatic rings. The van der Waals surface area contributed by atoms with Crippen LogP contribution in [-0.2, 0) is 4.65 Å². The largest absolute Gasteiger partial charge is 0.444 e. The number of rotatable bonds is 3. The second-order valence-corrected chi connectivity index (χ2v) is 4.77. The maximum Gasteiger partial charge on any atom is 0.257 e. The molecule has 0 spiro atoms. The Morgan fingerprint density at radius 1 is 1.56 bits per heavy atom. The predicted octanol–water partition coefficient (Wildman–Crippen LogP) is 1.63. The minimum Gasteiger partial charge on any atom is -0.444 e. The standard InChI is InChI=1S/C12H23BN2O/c1-9(15)12-4-2-3-10(8-16-13)5-6-11(12)7-14/h7,10,12,15H,2-6,8,13-14H2,1H3/b11-7-,15-9?.